The van der Waals surface area contributed by atoms with Crippen molar-refractivity contribution in [1.82, 2.24) is 20.4 Å². The number of piperidine rings is 1. The van der Waals surface area contributed by atoms with Crippen LogP contribution in [-0.2, 0) is 28.9 Å². The third-order valence-electron chi connectivity index (χ3n) is 7.48. The minimum atomic E-state index is -0.0390. The summed E-state index contributed by atoms with van der Waals surface area (Å²) in [4.78, 5) is 28.3. The first kappa shape index (κ1) is 20.8. The van der Waals surface area contributed by atoms with Crippen LogP contribution in [0.2, 0.25) is 0 Å². The molecule has 0 saturated carbocycles. The van der Waals surface area contributed by atoms with Crippen molar-refractivity contribution in [2.24, 2.45) is 11.8 Å². The maximum atomic E-state index is 12.4. The second kappa shape index (κ2) is 9.17. The quantitative estimate of drug-likeness (QED) is 0.694. The highest BCUT2D eigenvalue weighted by Gasteiger charge is 2.41. The average molecular weight is 427 g/mol. The highest BCUT2D eigenvalue weighted by Crippen LogP contribution is 2.36. The molecule has 3 heterocycles. The van der Waals surface area contributed by atoms with E-state index in [0.717, 1.165) is 32.7 Å². The third-order valence-corrected chi connectivity index (χ3v) is 7.48. The molecule has 3 saturated heterocycles. The minimum Gasteiger partial charge on any atom is -0.377 e. The van der Waals surface area contributed by atoms with E-state index in [4.69, 9.17) is 4.74 Å². The number of rotatable bonds is 7. The fourth-order valence-electron chi connectivity index (χ4n) is 5.81. The number of urea groups is 1. The van der Waals surface area contributed by atoms with Crippen LogP contribution in [-0.4, -0.2) is 73.7 Å². The first-order valence-corrected chi connectivity index (χ1v) is 11.9. The molecular formula is C24H34N4O3. The number of ether oxygens (including phenoxy) is 1. The largest absolute Gasteiger partial charge is 0.377 e. The molecule has 5 rings (SSSR count). The molecule has 3 aliphatic heterocycles. The summed E-state index contributed by atoms with van der Waals surface area (Å²) in [5.74, 6) is 1.03. The summed E-state index contributed by atoms with van der Waals surface area (Å²) < 4.78 is 6.06. The molecule has 7 heteroatoms. The Balaban J connectivity index is 1.06. The van der Waals surface area contributed by atoms with E-state index >= 15 is 0 Å². The molecular weight excluding hydrogens is 392 g/mol. The van der Waals surface area contributed by atoms with E-state index in [-0.39, 0.29) is 18.0 Å². The standard InChI is InChI=1S/C24H34N4O3/c29-23(25-7-10-28-11-8-26-24(28)30)13-22-21-6-9-27(15-20(21)16-31-22)14-17-4-5-18-2-1-3-19(18)12-17/h4-5,12,20-22H,1-3,6-11,13-16H2,(H,25,29)(H,26,30)/t20-,21-,22+/m1/s1. The van der Waals surface area contributed by atoms with E-state index in [1.165, 1.54) is 30.4 Å². The van der Waals surface area contributed by atoms with Gasteiger partial charge in [-0.2, -0.15) is 0 Å². The van der Waals surface area contributed by atoms with Crippen LogP contribution in [0.15, 0.2) is 18.2 Å². The number of fused-ring (bicyclic) bond motifs is 2. The van der Waals surface area contributed by atoms with Crippen molar-refractivity contribution in [3.63, 3.8) is 0 Å². The van der Waals surface area contributed by atoms with Gasteiger partial charge in [0.2, 0.25) is 5.91 Å². The van der Waals surface area contributed by atoms with Crippen molar-refractivity contribution < 1.29 is 14.3 Å². The number of nitrogens with zero attached hydrogens (tertiary/aromatic N) is 2. The van der Waals surface area contributed by atoms with Crippen LogP contribution in [0.25, 0.3) is 0 Å². The van der Waals surface area contributed by atoms with Crippen LogP contribution in [0.1, 0.15) is 36.0 Å². The van der Waals surface area contributed by atoms with E-state index in [0.29, 0.717) is 44.4 Å². The fourth-order valence-corrected chi connectivity index (χ4v) is 5.81. The van der Waals surface area contributed by atoms with E-state index in [1.54, 1.807) is 10.5 Å². The number of carbonyl (C=O) groups is 2. The number of benzene rings is 1. The minimum absolute atomic E-state index is 0.0298. The van der Waals surface area contributed by atoms with Crippen LogP contribution < -0.4 is 10.6 Å². The SMILES string of the molecule is O=C(C[C@@H]1OC[C@H]2CN(Cc3ccc4c(c3)CCC4)CC[C@H]21)NCCN1CCNC1=O. The van der Waals surface area contributed by atoms with Crippen molar-refractivity contribution >= 4 is 11.9 Å². The predicted molar refractivity (Wildman–Crippen MR) is 118 cm³/mol. The van der Waals surface area contributed by atoms with Gasteiger partial charge in [-0.1, -0.05) is 18.2 Å². The van der Waals surface area contributed by atoms with Gasteiger partial charge >= 0.3 is 6.03 Å². The van der Waals surface area contributed by atoms with Crippen molar-refractivity contribution in [3.05, 3.63) is 34.9 Å². The molecule has 1 aliphatic carbocycles. The third kappa shape index (κ3) is 4.72. The molecule has 1 aromatic carbocycles. The number of nitrogens with one attached hydrogen (secondary N) is 2. The monoisotopic (exact) mass is 426 g/mol. The summed E-state index contributed by atoms with van der Waals surface area (Å²) in [7, 11) is 0. The number of hydrogen-bond acceptors (Lipinski definition) is 4. The van der Waals surface area contributed by atoms with Gasteiger partial charge < -0.3 is 20.3 Å². The molecule has 4 aliphatic rings. The second-order valence-corrected chi connectivity index (χ2v) is 9.55. The van der Waals surface area contributed by atoms with Crippen LogP contribution in [0.5, 0.6) is 0 Å². The number of carbonyl (C=O) groups excluding carboxylic acids is 2. The smallest absolute Gasteiger partial charge is 0.317 e. The lowest BCUT2D eigenvalue weighted by atomic mass is 9.83. The van der Waals surface area contributed by atoms with Gasteiger partial charge in [-0.25, -0.2) is 4.79 Å². The van der Waals surface area contributed by atoms with Gasteiger partial charge in [-0.15, -0.1) is 0 Å². The zero-order chi connectivity index (χ0) is 21.2. The van der Waals surface area contributed by atoms with Crippen LogP contribution in [0.3, 0.4) is 0 Å². The summed E-state index contributed by atoms with van der Waals surface area (Å²) in [5.41, 5.74) is 4.52. The van der Waals surface area contributed by atoms with Crippen LogP contribution in [0, 0.1) is 11.8 Å². The van der Waals surface area contributed by atoms with E-state index in [2.05, 4.69) is 33.7 Å². The molecule has 3 amide bonds. The van der Waals surface area contributed by atoms with Crippen molar-refractivity contribution in [2.75, 3.05) is 45.9 Å². The van der Waals surface area contributed by atoms with Crippen molar-refractivity contribution in [3.8, 4) is 0 Å². The molecule has 31 heavy (non-hydrogen) atoms. The number of aryl methyl sites for hydroxylation is 2. The number of likely N-dealkylation sites (tertiary alicyclic amines) is 1. The average Bonchev–Trinajstić information content (AvgIpc) is 3.48. The normalized spacial score (nSPS) is 27.8. The molecule has 0 unspecified atom stereocenters. The Morgan fingerprint density at radius 3 is 3.00 bits per heavy atom. The second-order valence-electron chi connectivity index (χ2n) is 9.55. The number of amides is 3. The lowest BCUT2D eigenvalue weighted by molar-refractivity contribution is -0.123. The molecule has 0 spiro atoms. The Labute approximate surface area is 184 Å². The van der Waals surface area contributed by atoms with Gasteiger partial charge in [-0.3, -0.25) is 9.69 Å². The summed E-state index contributed by atoms with van der Waals surface area (Å²) in [6.07, 6.45) is 5.33. The van der Waals surface area contributed by atoms with Gasteiger partial charge in [-0.05, 0) is 54.8 Å². The van der Waals surface area contributed by atoms with Gasteiger partial charge in [0.15, 0.2) is 0 Å². The van der Waals surface area contributed by atoms with Crippen LogP contribution >= 0.6 is 0 Å². The molecule has 0 bridgehead atoms. The van der Waals surface area contributed by atoms with E-state index < -0.39 is 0 Å². The molecule has 1 aromatic rings. The highest BCUT2D eigenvalue weighted by molar-refractivity contribution is 5.77. The summed E-state index contributed by atoms with van der Waals surface area (Å²) in [5, 5.41) is 5.74. The van der Waals surface area contributed by atoms with Gasteiger partial charge in [0.25, 0.3) is 0 Å². The van der Waals surface area contributed by atoms with E-state index in [1.807, 2.05) is 0 Å². The zero-order valence-electron chi connectivity index (χ0n) is 18.3. The zero-order valence-corrected chi connectivity index (χ0v) is 18.3. The molecule has 7 nitrogen and oxygen atoms in total. The van der Waals surface area contributed by atoms with Gasteiger partial charge in [0, 0.05) is 45.2 Å². The Kier molecular flexibility index (Phi) is 6.14. The summed E-state index contributed by atoms with van der Waals surface area (Å²) in [6.45, 7) is 6.38. The molecule has 3 atom stereocenters. The Morgan fingerprint density at radius 2 is 2.13 bits per heavy atom. The maximum Gasteiger partial charge on any atom is 0.317 e. The topological polar surface area (TPSA) is 73.9 Å². The van der Waals surface area contributed by atoms with Gasteiger partial charge in [0.05, 0.1) is 19.1 Å². The van der Waals surface area contributed by atoms with Gasteiger partial charge in [0.1, 0.15) is 0 Å². The van der Waals surface area contributed by atoms with E-state index in [9.17, 15) is 9.59 Å². The summed E-state index contributed by atoms with van der Waals surface area (Å²) in [6, 6.07) is 7.01. The lowest BCUT2D eigenvalue weighted by Crippen LogP contribution is -2.42. The lowest BCUT2D eigenvalue weighted by Gasteiger charge is -2.35. The molecule has 0 aromatic heterocycles. The Morgan fingerprint density at radius 1 is 1.23 bits per heavy atom. The first-order valence-electron chi connectivity index (χ1n) is 11.9. The Bertz CT molecular complexity index is 829. The van der Waals surface area contributed by atoms with Crippen molar-refractivity contribution in [1.29, 1.82) is 0 Å². The Hall–Kier alpha value is -2.12. The summed E-state index contributed by atoms with van der Waals surface area (Å²) >= 11 is 0. The molecule has 2 N–H and O–H groups in total. The highest BCUT2D eigenvalue weighted by atomic mass is 16.5. The van der Waals surface area contributed by atoms with Crippen LogP contribution in [0.4, 0.5) is 4.79 Å². The molecule has 168 valence electrons. The first-order chi connectivity index (χ1) is 15.2. The molecule has 3 fully saturated rings. The predicted octanol–water partition coefficient (Wildman–Crippen LogP) is 1.54. The fraction of sp³-hybridized carbons (Fsp3) is 0.667. The maximum absolute atomic E-state index is 12.4. The number of hydrogen-bond donors (Lipinski definition) is 2. The van der Waals surface area contributed by atoms with Crippen molar-refractivity contribution in [2.45, 2.75) is 44.8 Å². The molecule has 0 radical (unpaired) electrons.